The molecule has 3 rings (SSSR count). The molecule has 1 amide bonds. The molecule has 2 aromatic heterocycles. The van der Waals surface area contributed by atoms with Crippen molar-refractivity contribution in [1.29, 1.82) is 0 Å². The molecular weight excluding hydrogens is 298 g/mol. The summed E-state index contributed by atoms with van der Waals surface area (Å²) >= 11 is 2.47. The van der Waals surface area contributed by atoms with Gasteiger partial charge < -0.3 is 5.11 Å². The molecule has 0 spiro atoms. The summed E-state index contributed by atoms with van der Waals surface area (Å²) in [4.78, 5) is 31.3. The van der Waals surface area contributed by atoms with Crippen molar-refractivity contribution >= 4 is 49.9 Å². The predicted octanol–water partition coefficient (Wildman–Crippen LogP) is 2.70. The molecule has 0 unspecified atom stereocenters. The van der Waals surface area contributed by atoms with Gasteiger partial charge in [-0.05, 0) is 18.2 Å². The van der Waals surface area contributed by atoms with Crippen LogP contribution in [0.4, 0.5) is 5.13 Å². The Morgan fingerprint density at radius 2 is 2.15 bits per heavy atom. The molecule has 0 fully saturated rings. The van der Waals surface area contributed by atoms with Gasteiger partial charge in [-0.1, -0.05) is 11.3 Å². The van der Waals surface area contributed by atoms with Crippen molar-refractivity contribution in [3.05, 3.63) is 40.3 Å². The number of fused-ring (bicyclic) bond motifs is 1. The van der Waals surface area contributed by atoms with Crippen molar-refractivity contribution in [3.63, 3.8) is 0 Å². The number of carbonyl (C=O) groups is 2. The zero-order valence-corrected chi connectivity index (χ0v) is 11.5. The number of rotatable bonds is 3. The van der Waals surface area contributed by atoms with Crippen LogP contribution in [0.15, 0.2) is 29.9 Å². The molecule has 0 aliphatic heterocycles. The van der Waals surface area contributed by atoms with E-state index >= 15 is 0 Å². The third-order valence-electron chi connectivity index (χ3n) is 2.51. The minimum Gasteiger partial charge on any atom is -0.478 e. The monoisotopic (exact) mass is 305 g/mol. The van der Waals surface area contributed by atoms with Crippen LogP contribution >= 0.6 is 22.7 Å². The molecule has 3 aromatic rings. The average molecular weight is 305 g/mol. The number of aromatic carboxylic acids is 1. The first-order valence-corrected chi connectivity index (χ1v) is 7.17. The van der Waals surface area contributed by atoms with Gasteiger partial charge in [-0.15, -0.1) is 11.3 Å². The number of thiazole rings is 2. The van der Waals surface area contributed by atoms with Crippen LogP contribution in [0.25, 0.3) is 10.2 Å². The van der Waals surface area contributed by atoms with Crippen LogP contribution in [0, 0.1) is 0 Å². The zero-order valence-electron chi connectivity index (χ0n) is 9.86. The van der Waals surface area contributed by atoms with Gasteiger partial charge in [0.15, 0.2) is 5.13 Å². The van der Waals surface area contributed by atoms with Crippen LogP contribution in [0.5, 0.6) is 0 Å². The molecule has 2 N–H and O–H groups in total. The van der Waals surface area contributed by atoms with Crippen molar-refractivity contribution in [3.8, 4) is 0 Å². The fraction of sp³-hybridized carbons (Fsp3) is 0. The second-order valence-electron chi connectivity index (χ2n) is 3.83. The molecule has 1 aromatic carbocycles. The summed E-state index contributed by atoms with van der Waals surface area (Å²) in [5, 5.41) is 12.0. The van der Waals surface area contributed by atoms with Crippen LogP contribution in [-0.4, -0.2) is 27.0 Å². The molecule has 0 radical (unpaired) electrons. The number of hydrogen-bond acceptors (Lipinski definition) is 6. The van der Waals surface area contributed by atoms with Gasteiger partial charge >= 0.3 is 5.97 Å². The number of nitrogens with zero attached hydrogens (tertiary/aromatic N) is 2. The summed E-state index contributed by atoms with van der Waals surface area (Å²) in [7, 11) is 0. The fourth-order valence-electron chi connectivity index (χ4n) is 1.60. The molecule has 2 heterocycles. The molecular formula is C12H7N3O3S2. The second kappa shape index (κ2) is 4.99. The summed E-state index contributed by atoms with van der Waals surface area (Å²) in [6, 6.07) is 4.65. The summed E-state index contributed by atoms with van der Waals surface area (Å²) in [6.07, 6.45) is 1.48. The van der Waals surface area contributed by atoms with E-state index < -0.39 is 5.97 Å². The summed E-state index contributed by atoms with van der Waals surface area (Å²) in [6.45, 7) is 0. The van der Waals surface area contributed by atoms with Crippen molar-refractivity contribution in [2.75, 3.05) is 5.32 Å². The van der Waals surface area contributed by atoms with Crippen LogP contribution in [0.2, 0.25) is 0 Å². The Bertz CT molecular complexity index is 796. The molecule has 8 heteroatoms. The van der Waals surface area contributed by atoms with Gasteiger partial charge in [-0.2, -0.15) is 0 Å². The maximum atomic E-state index is 11.9. The van der Waals surface area contributed by atoms with E-state index in [2.05, 4.69) is 15.3 Å². The Kier molecular flexibility index (Phi) is 3.17. The smallest absolute Gasteiger partial charge is 0.335 e. The first-order chi connectivity index (χ1) is 9.63. The largest absolute Gasteiger partial charge is 0.478 e. The normalized spacial score (nSPS) is 10.6. The zero-order chi connectivity index (χ0) is 14.1. The molecule has 0 atom stereocenters. The van der Waals surface area contributed by atoms with Crippen molar-refractivity contribution < 1.29 is 14.7 Å². The van der Waals surface area contributed by atoms with Crippen LogP contribution in [-0.2, 0) is 0 Å². The third-order valence-corrected chi connectivity index (χ3v) is 4.22. The molecule has 0 bridgehead atoms. The topological polar surface area (TPSA) is 92.2 Å². The standard InChI is InChI=1S/C12H7N3O3S2/c16-10(9-4-13-5-19-9)15-12-14-7-2-1-6(11(17)18)3-8(7)20-12/h1-5H,(H,17,18)(H,14,15,16). The van der Waals surface area contributed by atoms with Gasteiger partial charge in [0.2, 0.25) is 0 Å². The minimum absolute atomic E-state index is 0.196. The first-order valence-electron chi connectivity index (χ1n) is 5.47. The van der Waals surface area contributed by atoms with Gasteiger partial charge in [0.1, 0.15) is 4.88 Å². The molecule has 0 aliphatic carbocycles. The number of benzene rings is 1. The minimum atomic E-state index is -0.990. The van der Waals surface area contributed by atoms with Gasteiger partial charge in [0.05, 0.1) is 27.5 Å². The number of aromatic nitrogens is 2. The van der Waals surface area contributed by atoms with Crippen molar-refractivity contribution in [1.82, 2.24) is 9.97 Å². The highest BCUT2D eigenvalue weighted by molar-refractivity contribution is 7.22. The number of carbonyl (C=O) groups excluding carboxylic acids is 1. The van der Waals surface area contributed by atoms with Gasteiger partial charge in [-0.3, -0.25) is 15.1 Å². The van der Waals surface area contributed by atoms with E-state index in [4.69, 9.17) is 5.11 Å². The third kappa shape index (κ3) is 2.38. The molecule has 6 nitrogen and oxygen atoms in total. The summed E-state index contributed by atoms with van der Waals surface area (Å²) in [5.41, 5.74) is 2.42. The van der Waals surface area contributed by atoms with Crippen LogP contribution in [0.3, 0.4) is 0 Å². The van der Waals surface area contributed by atoms with Crippen molar-refractivity contribution in [2.24, 2.45) is 0 Å². The number of hydrogen-bond donors (Lipinski definition) is 2. The highest BCUT2D eigenvalue weighted by atomic mass is 32.1. The lowest BCUT2D eigenvalue weighted by Crippen LogP contribution is -2.09. The highest BCUT2D eigenvalue weighted by Crippen LogP contribution is 2.27. The summed E-state index contributed by atoms with van der Waals surface area (Å²) < 4.78 is 0.713. The molecule has 100 valence electrons. The fourth-order valence-corrected chi connectivity index (χ4v) is 3.01. The Morgan fingerprint density at radius 1 is 1.30 bits per heavy atom. The maximum Gasteiger partial charge on any atom is 0.335 e. The van der Waals surface area contributed by atoms with Gasteiger partial charge in [0.25, 0.3) is 5.91 Å². The lowest BCUT2D eigenvalue weighted by Gasteiger charge is -1.96. The SMILES string of the molecule is O=C(O)c1ccc2nc(NC(=O)c3cncs3)sc2c1. The Hall–Kier alpha value is -2.32. The lowest BCUT2D eigenvalue weighted by molar-refractivity contribution is 0.0697. The van der Waals surface area contributed by atoms with E-state index in [9.17, 15) is 9.59 Å². The molecule has 20 heavy (non-hydrogen) atoms. The van der Waals surface area contributed by atoms with E-state index in [1.54, 1.807) is 11.6 Å². The Morgan fingerprint density at radius 3 is 2.85 bits per heavy atom. The van der Waals surface area contributed by atoms with Crippen LogP contribution < -0.4 is 5.32 Å². The lowest BCUT2D eigenvalue weighted by atomic mass is 10.2. The van der Waals surface area contributed by atoms with E-state index in [1.165, 1.54) is 41.0 Å². The maximum absolute atomic E-state index is 11.9. The quantitative estimate of drug-likeness (QED) is 0.776. The Labute approximate surface area is 120 Å². The predicted molar refractivity (Wildman–Crippen MR) is 76.6 cm³/mol. The number of carboxylic acids is 1. The molecule has 0 aliphatic rings. The summed E-state index contributed by atoms with van der Waals surface area (Å²) in [5.74, 6) is -1.26. The highest BCUT2D eigenvalue weighted by Gasteiger charge is 2.12. The van der Waals surface area contributed by atoms with Crippen LogP contribution in [0.1, 0.15) is 20.0 Å². The Balaban J connectivity index is 1.89. The van der Waals surface area contributed by atoms with Crippen molar-refractivity contribution in [2.45, 2.75) is 0 Å². The van der Waals surface area contributed by atoms with E-state index in [0.29, 0.717) is 20.2 Å². The van der Waals surface area contributed by atoms with E-state index in [-0.39, 0.29) is 11.5 Å². The first kappa shape index (κ1) is 12.7. The number of carboxylic acid groups (broad SMARTS) is 1. The average Bonchev–Trinajstić information content (AvgIpc) is 3.06. The number of anilines is 1. The number of nitrogens with one attached hydrogen (secondary N) is 1. The van der Waals surface area contributed by atoms with E-state index in [1.807, 2.05) is 0 Å². The van der Waals surface area contributed by atoms with E-state index in [0.717, 1.165) is 0 Å². The molecule has 0 saturated carbocycles. The second-order valence-corrected chi connectivity index (χ2v) is 5.74. The molecule has 0 saturated heterocycles. The van der Waals surface area contributed by atoms with Gasteiger partial charge in [-0.25, -0.2) is 9.78 Å². The van der Waals surface area contributed by atoms with Gasteiger partial charge in [0, 0.05) is 0 Å². The number of amides is 1.